The molecule has 3 aromatic rings. The lowest BCUT2D eigenvalue weighted by molar-refractivity contribution is -0.383. The Balaban J connectivity index is 1.88. The van der Waals surface area contributed by atoms with Crippen molar-refractivity contribution in [1.29, 1.82) is 0 Å². The van der Waals surface area contributed by atoms with Crippen LogP contribution in [0.15, 0.2) is 53.1 Å². The molecule has 0 bridgehead atoms. The van der Waals surface area contributed by atoms with Gasteiger partial charge in [-0.05, 0) is 43.3 Å². The largest absolute Gasteiger partial charge is 0.318 e. The van der Waals surface area contributed by atoms with Crippen LogP contribution in [0.25, 0.3) is 17.1 Å². The predicted molar refractivity (Wildman–Crippen MR) is 91.0 cm³/mol. The summed E-state index contributed by atoms with van der Waals surface area (Å²) in [6.07, 6.45) is 0.706. The van der Waals surface area contributed by atoms with E-state index in [1.807, 2.05) is 24.3 Å². The van der Waals surface area contributed by atoms with E-state index >= 15 is 0 Å². The third-order valence-electron chi connectivity index (χ3n) is 3.89. The molecule has 1 aliphatic heterocycles. The summed E-state index contributed by atoms with van der Waals surface area (Å²) in [5.74, 6) is -1.21. The maximum absolute atomic E-state index is 14.3. The van der Waals surface area contributed by atoms with Gasteiger partial charge in [0.1, 0.15) is 17.3 Å². The van der Waals surface area contributed by atoms with Crippen molar-refractivity contribution >= 4 is 15.9 Å². The summed E-state index contributed by atoms with van der Waals surface area (Å²) >= 11 is 3.38. The fourth-order valence-electron chi connectivity index (χ4n) is 2.70. The Bertz CT molecular complexity index is 901. The SMILES string of the molecule is CC1OC(c2cn(-c3ccc(Br)cc3)c(-c3c(F)cccc3F)n2)O1. The van der Waals surface area contributed by atoms with Gasteiger partial charge in [-0.1, -0.05) is 22.0 Å². The Hall–Kier alpha value is -2.09. The topological polar surface area (TPSA) is 36.3 Å². The molecule has 4 nitrogen and oxygen atoms in total. The van der Waals surface area contributed by atoms with E-state index in [9.17, 15) is 8.78 Å². The molecule has 1 fully saturated rings. The van der Waals surface area contributed by atoms with Gasteiger partial charge < -0.3 is 9.47 Å². The van der Waals surface area contributed by atoms with Gasteiger partial charge in [-0.15, -0.1) is 0 Å². The number of hydrogen-bond acceptors (Lipinski definition) is 3. The molecule has 0 atom stereocenters. The van der Waals surface area contributed by atoms with Gasteiger partial charge in [0, 0.05) is 16.4 Å². The summed E-state index contributed by atoms with van der Waals surface area (Å²) in [6.45, 7) is 1.76. The molecule has 2 heterocycles. The van der Waals surface area contributed by atoms with Gasteiger partial charge in [-0.25, -0.2) is 13.8 Å². The van der Waals surface area contributed by atoms with Crippen molar-refractivity contribution < 1.29 is 18.3 Å². The maximum Gasteiger partial charge on any atom is 0.208 e. The Morgan fingerprint density at radius 1 is 1.04 bits per heavy atom. The number of imidazole rings is 1. The third-order valence-corrected chi connectivity index (χ3v) is 4.42. The number of rotatable bonds is 3. The highest BCUT2D eigenvalue weighted by atomic mass is 79.9. The van der Waals surface area contributed by atoms with Crippen LogP contribution in [0.4, 0.5) is 8.78 Å². The van der Waals surface area contributed by atoms with Crippen molar-refractivity contribution in [3.63, 3.8) is 0 Å². The van der Waals surface area contributed by atoms with Gasteiger partial charge in [0.05, 0.1) is 5.56 Å². The Labute approximate surface area is 151 Å². The molecule has 0 saturated carbocycles. The zero-order valence-electron chi connectivity index (χ0n) is 13.1. The minimum atomic E-state index is -0.681. The molecular formula is C18H13BrF2N2O2. The lowest BCUT2D eigenvalue weighted by Crippen LogP contribution is -2.31. The highest BCUT2D eigenvalue weighted by molar-refractivity contribution is 9.10. The first-order chi connectivity index (χ1) is 12.0. The van der Waals surface area contributed by atoms with E-state index in [1.165, 1.54) is 18.2 Å². The first kappa shape index (κ1) is 16.4. The molecule has 1 saturated heterocycles. The van der Waals surface area contributed by atoms with Crippen LogP contribution in [0.1, 0.15) is 18.9 Å². The standard InChI is InChI=1S/C18H13BrF2N2O2/c1-10-24-18(25-10)15-9-23(12-7-5-11(19)6-8-12)17(22-15)16-13(20)3-2-4-14(16)21/h2-10,18H,1H3. The number of benzene rings is 2. The lowest BCUT2D eigenvalue weighted by Gasteiger charge is -2.32. The average Bonchev–Trinajstić information content (AvgIpc) is 2.97. The zero-order valence-corrected chi connectivity index (χ0v) is 14.7. The molecule has 1 aliphatic rings. The number of hydrogen-bond donors (Lipinski definition) is 0. The van der Waals surface area contributed by atoms with Crippen molar-refractivity contribution in [2.24, 2.45) is 0 Å². The molecule has 0 unspecified atom stereocenters. The molecular weight excluding hydrogens is 394 g/mol. The maximum atomic E-state index is 14.3. The molecule has 0 radical (unpaired) electrons. The summed E-state index contributed by atoms with van der Waals surface area (Å²) in [7, 11) is 0. The van der Waals surface area contributed by atoms with E-state index in [0.29, 0.717) is 11.4 Å². The van der Waals surface area contributed by atoms with Crippen LogP contribution >= 0.6 is 15.9 Å². The van der Waals surface area contributed by atoms with Crippen molar-refractivity contribution in [3.05, 3.63) is 70.5 Å². The second-order valence-electron chi connectivity index (χ2n) is 5.60. The fraction of sp³-hybridized carbons (Fsp3) is 0.167. The number of aromatic nitrogens is 2. The monoisotopic (exact) mass is 406 g/mol. The quantitative estimate of drug-likeness (QED) is 0.615. The van der Waals surface area contributed by atoms with Gasteiger partial charge in [0.15, 0.2) is 12.1 Å². The van der Waals surface area contributed by atoms with Gasteiger partial charge in [0.2, 0.25) is 6.29 Å². The van der Waals surface area contributed by atoms with Crippen molar-refractivity contribution in [2.45, 2.75) is 19.5 Å². The first-order valence-electron chi connectivity index (χ1n) is 7.63. The van der Waals surface area contributed by atoms with E-state index in [-0.39, 0.29) is 17.7 Å². The molecule has 0 aliphatic carbocycles. The highest BCUT2D eigenvalue weighted by Crippen LogP contribution is 2.35. The molecule has 1 aromatic heterocycles. The minimum Gasteiger partial charge on any atom is -0.318 e. The van der Waals surface area contributed by atoms with E-state index in [1.54, 1.807) is 17.7 Å². The van der Waals surface area contributed by atoms with Crippen LogP contribution in [0, 0.1) is 11.6 Å². The molecule has 4 rings (SSSR count). The Kier molecular flexibility index (Phi) is 4.15. The van der Waals surface area contributed by atoms with Gasteiger partial charge in [-0.2, -0.15) is 0 Å². The summed E-state index contributed by atoms with van der Waals surface area (Å²) in [5.41, 5.74) is 0.981. The second-order valence-corrected chi connectivity index (χ2v) is 6.52. The summed E-state index contributed by atoms with van der Waals surface area (Å²) in [4.78, 5) is 4.38. The van der Waals surface area contributed by atoms with Crippen LogP contribution in [-0.4, -0.2) is 15.8 Å². The minimum absolute atomic E-state index is 0.152. The van der Waals surface area contributed by atoms with E-state index < -0.39 is 17.9 Å². The first-order valence-corrected chi connectivity index (χ1v) is 8.43. The highest BCUT2D eigenvalue weighted by Gasteiger charge is 2.32. The van der Waals surface area contributed by atoms with Crippen LogP contribution in [0.5, 0.6) is 0 Å². The van der Waals surface area contributed by atoms with E-state index in [0.717, 1.165) is 4.47 Å². The molecule has 2 aromatic carbocycles. The summed E-state index contributed by atoms with van der Waals surface area (Å²) < 4.78 is 42.0. The molecule has 0 amide bonds. The number of ether oxygens (including phenoxy) is 2. The lowest BCUT2D eigenvalue weighted by atomic mass is 10.2. The van der Waals surface area contributed by atoms with Crippen LogP contribution < -0.4 is 0 Å². The van der Waals surface area contributed by atoms with Gasteiger partial charge in [0.25, 0.3) is 0 Å². The normalized spacial score (nSPS) is 19.7. The number of halogens is 3. The molecule has 25 heavy (non-hydrogen) atoms. The van der Waals surface area contributed by atoms with Gasteiger partial charge in [-0.3, -0.25) is 4.57 Å². The predicted octanol–water partition coefficient (Wildman–Crippen LogP) is 4.97. The molecule has 7 heteroatoms. The van der Waals surface area contributed by atoms with Crippen LogP contribution in [0.3, 0.4) is 0 Å². The molecule has 0 N–H and O–H groups in total. The molecule has 0 spiro atoms. The fourth-order valence-corrected chi connectivity index (χ4v) is 2.96. The Morgan fingerprint density at radius 2 is 1.68 bits per heavy atom. The van der Waals surface area contributed by atoms with Gasteiger partial charge >= 0.3 is 0 Å². The molecule has 128 valence electrons. The average molecular weight is 407 g/mol. The smallest absolute Gasteiger partial charge is 0.208 e. The van der Waals surface area contributed by atoms with Crippen molar-refractivity contribution in [1.82, 2.24) is 9.55 Å². The second kappa shape index (κ2) is 6.33. The van der Waals surface area contributed by atoms with Crippen molar-refractivity contribution in [2.75, 3.05) is 0 Å². The summed E-state index contributed by atoms with van der Waals surface area (Å²) in [5, 5.41) is 0. The number of nitrogens with zero attached hydrogens (tertiary/aromatic N) is 2. The third kappa shape index (κ3) is 2.99. The Morgan fingerprint density at radius 3 is 2.28 bits per heavy atom. The van der Waals surface area contributed by atoms with Crippen LogP contribution in [0.2, 0.25) is 0 Å². The van der Waals surface area contributed by atoms with E-state index in [4.69, 9.17) is 9.47 Å². The zero-order chi connectivity index (χ0) is 17.6. The van der Waals surface area contributed by atoms with E-state index in [2.05, 4.69) is 20.9 Å². The van der Waals surface area contributed by atoms with Crippen molar-refractivity contribution in [3.8, 4) is 17.1 Å². The summed E-state index contributed by atoms with van der Waals surface area (Å²) in [6, 6.07) is 11.1. The van der Waals surface area contributed by atoms with Crippen LogP contribution in [-0.2, 0) is 9.47 Å².